The van der Waals surface area contributed by atoms with Crippen LogP contribution < -0.4 is 5.73 Å². The van der Waals surface area contributed by atoms with Crippen molar-refractivity contribution in [3.63, 3.8) is 0 Å². The SMILES string of the molecule is CCOC(=O)c1sc(N)c(C#N)c1CBr. The summed E-state index contributed by atoms with van der Waals surface area (Å²) >= 11 is 4.31. The molecular formula is C9H9BrN2O2S. The predicted molar refractivity (Wildman–Crippen MR) is 62.0 cm³/mol. The van der Waals surface area contributed by atoms with Crippen LogP contribution in [-0.4, -0.2) is 12.6 Å². The van der Waals surface area contributed by atoms with Crippen LogP contribution in [0.4, 0.5) is 5.00 Å². The van der Waals surface area contributed by atoms with Crippen LogP contribution in [0.5, 0.6) is 0 Å². The van der Waals surface area contributed by atoms with Gasteiger partial charge in [-0.1, -0.05) is 15.9 Å². The molecular weight excluding hydrogens is 280 g/mol. The summed E-state index contributed by atoms with van der Waals surface area (Å²) in [7, 11) is 0. The molecule has 1 heterocycles. The molecule has 80 valence electrons. The molecule has 1 rings (SSSR count). The number of esters is 1. The number of rotatable bonds is 3. The maximum atomic E-state index is 11.5. The van der Waals surface area contributed by atoms with Gasteiger partial charge in [0.25, 0.3) is 0 Å². The number of carbonyl (C=O) groups excluding carboxylic acids is 1. The van der Waals surface area contributed by atoms with E-state index in [2.05, 4.69) is 15.9 Å². The summed E-state index contributed by atoms with van der Waals surface area (Å²) in [5, 5.41) is 9.63. The van der Waals surface area contributed by atoms with Crippen molar-refractivity contribution in [3.05, 3.63) is 16.0 Å². The first-order chi connectivity index (χ1) is 7.15. The molecule has 0 aliphatic rings. The average molecular weight is 289 g/mol. The summed E-state index contributed by atoms with van der Waals surface area (Å²) in [6.07, 6.45) is 0. The number of nitrogens with zero attached hydrogens (tertiary/aromatic N) is 1. The van der Waals surface area contributed by atoms with Gasteiger partial charge in [0.2, 0.25) is 0 Å². The lowest BCUT2D eigenvalue weighted by Crippen LogP contribution is -2.04. The van der Waals surface area contributed by atoms with Gasteiger partial charge in [0.05, 0.1) is 12.2 Å². The lowest BCUT2D eigenvalue weighted by Gasteiger charge is -2.00. The normalized spacial score (nSPS) is 9.67. The molecule has 0 radical (unpaired) electrons. The minimum Gasteiger partial charge on any atom is -0.462 e. The zero-order valence-electron chi connectivity index (χ0n) is 8.04. The number of alkyl halides is 1. The Kier molecular flexibility index (Phi) is 4.12. The highest BCUT2D eigenvalue weighted by Gasteiger charge is 2.21. The molecule has 0 aliphatic heterocycles. The standard InChI is InChI=1S/C9H9BrN2O2S/c1-2-14-9(13)7-5(3-10)6(4-11)8(12)15-7/h2-3,12H2,1H3. The summed E-state index contributed by atoms with van der Waals surface area (Å²) in [5.41, 5.74) is 6.60. The molecule has 0 fully saturated rings. The van der Waals surface area contributed by atoms with E-state index >= 15 is 0 Å². The molecule has 0 amide bonds. The Morgan fingerprint density at radius 2 is 2.40 bits per heavy atom. The first-order valence-electron chi connectivity index (χ1n) is 4.20. The molecule has 2 N–H and O–H groups in total. The molecule has 0 spiro atoms. The summed E-state index contributed by atoms with van der Waals surface area (Å²) in [5.74, 6) is -0.426. The van der Waals surface area contributed by atoms with Gasteiger partial charge in [-0.05, 0) is 6.92 Å². The van der Waals surface area contributed by atoms with Crippen molar-refractivity contribution in [2.45, 2.75) is 12.3 Å². The Balaban J connectivity index is 3.20. The zero-order valence-corrected chi connectivity index (χ0v) is 10.4. The number of nitriles is 1. The van der Waals surface area contributed by atoms with Crippen LogP contribution in [0.15, 0.2) is 0 Å². The smallest absolute Gasteiger partial charge is 0.348 e. The van der Waals surface area contributed by atoms with E-state index in [9.17, 15) is 4.79 Å². The molecule has 0 atom stereocenters. The summed E-state index contributed by atoms with van der Waals surface area (Å²) in [6, 6.07) is 1.98. The summed E-state index contributed by atoms with van der Waals surface area (Å²) in [4.78, 5) is 11.9. The van der Waals surface area contributed by atoms with Crippen LogP contribution in [0.1, 0.15) is 27.7 Å². The van der Waals surface area contributed by atoms with Crippen molar-refractivity contribution in [2.24, 2.45) is 0 Å². The van der Waals surface area contributed by atoms with Crippen LogP contribution in [0.2, 0.25) is 0 Å². The van der Waals surface area contributed by atoms with E-state index in [1.165, 1.54) is 0 Å². The van der Waals surface area contributed by atoms with Gasteiger partial charge in [-0.3, -0.25) is 0 Å². The molecule has 4 nitrogen and oxygen atoms in total. The molecule has 0 bridgehead atoms. The molecule has 0 aliphatic carbocycles. The first-order valence-corrected chi connectivity index (χ1v) is 6.13. The first kappa shape index (κ1) is 12.0. The summed E-state index contributed by atoms with van der Waals surface area (Å²) < 4.78 is 4.87. The molecule has 0 saturated heterocycles. The largest absolute Gasteiger partial charge is 0.462 e. The second-order valence-corrected chi connectivity index (χ2v) is 4.23. The van der Waals surface area contributed by atoms with Gasteiger partial charge in [0.1, 0.15) is 15.9 Å². The van der Waals surface area contributed by atoms with Crippen molar-refractivity contribution in [1.29, 1.82) is 5.26 Å². The van der Waals surface area contributed by atoms with Crippen molar-refractivity contribution in [1.82, 2.24) is 0 Å². The second-order valence-electron chi connectivity index (χ2n) is 2.61. The Hall–Kier alpha value is -1.06. The van der Waals surface area contributed by atoms with Crippen molar-refractivity contribution in [3.8, 4) is 6.07 Å². The third kappa shape index (κ3) is 2.30. The fraction of sp³-hybridized carbons (Fsp3) is 0.333. The van der Waals surface area contributed by atoms with E-state index in [0.29, 0.717) is 32.9 Å². The average Bonchev–Trinajstić information content (AvgIpc) is 2.54. The molecule has 0 unspecified atom stereocenters. The quantitative estimate of drug-likeness (QED) is 0.684. The van der Waals surface area contributed by atoms with E-state index in [1.54, 1.807) is 6.92 Å². The zero-order chi connectivity index (χ0) is 11.4. The number of thiophene rings is 1. The minimum absolute atomic E-state index is 0.306. The monoisotopic (exact) mass is 288 g/mol. The van der Waals surface area contributed by atoms with Gasteiger partial charge < -0.3 is 10.5 Å². The Morgan fingerprint density at radius 3 is 2.87 bits per heavy atom. The van der Waals surface area contributed by atoms with Gasteiger partial charge in [-0.2, -0.15) is 5.26 Å². The highest BCUT2D eigenvalue weighted by molar-refractivity contribution is 9.08. The highest BCUT2D eigenvalue weighted by Crippen LogP contribution is 2.32. The van der Waals surface area contributed by atoms with E-state index < -0.39 is 5.97 Å². The van der Waals surface area contributed by atoms with Crippen LogP contribution in [0.25, 0.3) is 0 Å². The number of carbonyl (C=O) groups is 1. The van der Waals surface area contributed by atoms with Crippen LogP contribution in [-0.2, 0) is 10.1 Å². The molecule has 1 aromatic rings. The van der Waals surface area contributed by atoms with Crippen LogP contribution >= 0.6 is 27.3 Å². The van der Waals surface area contributed by atoms with Gasteiger partial charge in [-0.15, -0.1) is 11.3 Å². The lowest BCUT2D eigenvalue weighted by atomic mass is 10.2. The molecule has 15 heavy (non-hydrogen) atoms. The van der Waals surface area contributed by atoms with Gasteiger partial charge >= 0.3 is 5.97 Å². The van der Waals surface area contributed by atoms with Crippen LogP contribution in [0, 0.1) is 11.3 Å². The fourth-order valence-corrected chi connectivity index (χ4v) is 2.77. The number of hydrogen-bond donors (Lipinski definition) is 1. The van der Waals surface area contributed by atoms with Gasteiger partial charge in [0.15, 0.2) is 0 Å². The molecule has 6 heteroatoms. The minimum atomic E-state index is -0.426. The third-order valence-electron chi connectivity index (χ3n) is 1.74. The Labute approximate surface area is 99.8 Å². The maximum Gasteiger partial charge on any atom is 0.348 e. The van der Waals surface area contributed by atoms with E-state index in [1.807, 2.05) is 6.07 Å². The Bertz CT molecular complexity index is 422. The second kappa shape index (κ2) is 5.14. The molecule has 1 aromatic heterocycles. The van der Waals surface area contributed by atoms with E-state index in [0.717, 1.165) is 11.3 Å². The predicted octanol–water partition coefficient (Wildman–Crippen LogP) is 2.27. The summed E-state index contributed by atoms with van der Waals surface area (Å²) in [6.45, 7) is 2.04. The van der Waals surface area contributed by atoms with Gasteiger partial charge in [-0.25, -0.2) is 4.79 Å². The number of nitrogens with two attached hydrogens (primary N) is 1. The molecule has 0 saturated carbocycles. The van der Waals surface area contributed by atoms with E-state index in [-0.39, 0.29) is 0 Å². The third-order valence-corrected chi connectivity index (χ3v) is 3.34. The number of ether oxygens (including phenoxy) is 1. The number of hydrogen-bond acceptors (Lipinski definition) is 5. The van der Waals surface area contributed by atoms with Crippen molar-refractivity contribution in [2.75, 3.05) is 12.3 Å². The molecule has 0 aromatic carbocycles. The topological polar surface area (TPSA) is 76.1 Å². The number of halogens is 1. The number of nitrogen functional groups attached to an aromatic ring is 1. The Morgan fingerprint density at radius 1 is 1.73 bits per heavy atom. The van der Waals surface area contributed by atoms with Crippen molar-refractivity contribution < 1.29 is 9.53 Å². The van der Waals surface area contributed by atoms with Crippen molar-refractivity contribution >= 4 is 38.2 Å². The fourth-order valence-electron chi connectivity index (χ4n) is 1.10. The number of anilines is 1. The van der Waals surface area contributed by atoms with Gasteiger partial charge in [0, 0.05) is 10.9 Å². The highest BCUT2D eigenvalue weighted by atomic mass is 79.9. The maximum absolute atomic E-state index is 11.5. The lowest BCUT2D eigenvalue weighted by molar-refractivity contribution is 0.0531. The van der Waals surface area contributed by atoms with Crippen LogP contribution in [0.3, 0.4) is 0 Å². The van der Waals surface area contributed by atoms with E-state index in [4.69, 9.17) is 15.7 Å².